The number of aromatic nitrogens is 1. The number of anilines is 2. The van der Waals surface area contributed by atoms with Crippen molar-refractivity contribution in [3.63, 3.8) is 0 Å². The molecule has 2 rings (SSSR count). The number of nitrogens with one attached hydrogen (secondary N) is 1. The van der Waals surface area contributed by atoms with E-state index in [1.807, 2.05) is 0 Å². The first-order chi connectivity index (χ1) is 9.49. The van der Waals surface area contributed by atoms with Crippen LogP contribution < -0.4 is 11.1 Å². The molecule has 2 aromatic rings. The summed E-state index contributed by atoms with van der Waals surface area (Å²) in [5.74, 6) is -1.54. The van der Waals surface area contributed by atoms with Crippen molar-refractivity contribution >= 4 is 23.1 Å². The summed E-state index contributed by atoms with van der Waals surface area (Å²) < 4.78 is 13.2. The van der Waals surface area contributed by atoms with Crippen LogP contribution in [-0.4, -0.2) is 15.8 Å². The zero-order chi connectivity index (χ0) is 14.7. The van der Waals surface area contributed by atoms with Crippen LogP contribution in [0.1, 0.15) is 10.4 Å². The van der Waals surface area contributed by atoms with Crippen LogP contribution in [0.5, 0.6) is 0 Å². The van der Waals surface area contributed by atoms with Gasteiger partial charge in [-0.3, -0.25) is 14.9 Å². The highest BCUT2D eigenvalue weighted by molar-refractivity contribution is 6.07. The predicted molar refractivity (Wildman–Crippen MR) is 69.7 cm³/mol. The number of halogens is 1. The molecular formula is C12H9FN4O3. The Bertz CT molecular complexity index is 690. The number of hydrogen-bond donors (Lipinski definition) is 2. The summed E-state index contributed by atoms with van der Waals surface area (Å²) in [5.41, 5.74) is 5.03. The van der Waals surface area contributed by atoms with Gasteiger partial charge in [0.1, 0.15) is 5.82 Å². The lowest BCUT2D eigenvalue weighted by atomic mass is 10.2. The van der Waals surface area contributed by atoms with Gasteiger partial charge in [-0.15, -0.1) is 0 Å². The summed E-state index contributed by atoms with van der Waals surface area (Å²) in [6.45, 7) is 0. The van der Waals surface area contributed by atoms with Crippen molar-refractivity contribution in [1.29, 1.82) is 0 Å². The Morgan fingerprint density at radius 2 is 2.15 bits per heavy atom. The largest absolute Gasteiger partial charge is 0.383 e. The molecule has 0 saturated heterocycles. The maximum absolute atomic E-state index is 13.2. The summed E-state index contributed by atoms with van der Waals surface area (Å²) in [4.78, 5) is 25.4. The van der Waals surface area contributed by atoms with E-state index >= 15 is 0 Å². The van der Waals surface area contributed by atoms with Crippen LogP contribution in [0.3, 0.4) is 0 Å². The first kappa shape index (κ1) is 13.4. The normalized spacial score (nSPS) is 10.1. The third-order valence-corrected chi connectivity index (χ3v) is 2.48. The minimum atomic E-state index is -0.978. The van der Waals surface area contributed by atoms with Crippen LogP contribution >= 0.6 is 0 Å². The van der Waals surface area contributed by atoms with Crippen molar-refractivity contribution in [2.45, 2.75) is 0 Å². The number of nitrogens with two attached hydrogens (primary N) is 1. The third kappa shape index (κ3) is 2.69. The highest BCUT2D eigenvalue weighted by Gasteiger charge is 2.16. The summed E-state index contributed by atoms with van der Waals surface area (Å²) >= 11 is 0. The first-order valence-electron chi connectivity index (χ1n) is 5.45. The summed E-state index contributed by atoms with van der Waals surface area (Å²) in [7, 11) is 0. The van der Waals surface area contributed by atoms with E-state index in [1.54, 1.807) is 0 Å². The zero-order valence-corrected chi connectivity index (χ0v) is 10.0. The van der Waals surface area contributed by atoms with Crippen molar-refractivity contribution in [3.8, 4) is 0 Å². The lowest BCUT2D eigenvalue weighted by molar-refractivity contribution is -0.387. The molecule has 1 amide bonds. The van der Waals surface area contributed by atoms with E-state index in [-0.39, 0.29) is 17.1 Å². The monoisotopic (exact) mass is 276 g/mol. The molecule has 0 saturated carbocycles. The molecule has 1 aromatic carbocycles. The molecule has 0 unspecified atom stereocenters. The fraction of sp³-hybridized carbons (Fsp3) is 0. The summed E-state index contributed by atoms with van der Waals surface area (Å²) in [5, 5.41) is 13.0. The zero-order valence-electron chi connectivity index (χ0n) is 10.0. The Morgan fingerprint density at radius 1 is 1.40 bits per heavy atom. The maximum Gasteiger partial charge on any atom is 0.306 e. The van der Waals surface area contributed by atoms with E-state index in [9.17, 15) is 19.3 Å². The molecule has 0 aliphatic carbocycles. The molecule has 3 N–H and O–H groups in total. The predicted octanol–water partition coefficient (Wildman–Crippen LogP) is 1.96. The second kappa shape index (κ2) is 5.31. The molecule has 0 atom stereocenters. The number of nitrogen functional groups attached to an aromatic ring is 1. The molecule has 0 bridgehead atoms. The van der Waals surface area contributed by atoms with E-state index < -0.39 is 22.3 Å². The molecule has 0 fully saturated rings. The van der Waals surface area contributed by atoms with Gasteiger partial charge < -0.3 is 11.1 Å². The van der Waals surface area contributed by atoms with E-state index in [1.165, 1.54) is 24.4 Å². The van der Waals surface area contributed by atoms with Gasteiger partial charge in [0.25, 0.3) is 5.91 Å². The van der Waals surface area contributed by atoms with Gasteiger partial charge in [0.15, 0.2) is 0 Å². The quantitative estimate of drug-likeness (QED) is 0.657. The minimum Gasteiger partial charge on any atom is -0.383 e. The van der Waals surface area contributed by atoms with Gasteiger partial charge in [0.05, 0.1) is 10.5 Å². The van der Waals surface area contributed by atoms with Gasteiger partial charge in [-0.05, 0) is 24.3 Å². The average Bonchev–Trinajstić information content (AvgIpc) is 2.41. The Labute approximate surface area is 112 Å². The molecule has 1 aromatic heterocycles. The molecule has 20 heavy (non-hydrogen) atoms. The number of amides is 1. The lowest BCUT2D eigenvalue weighted by Gasteiger charge is -2.06. The number of rotatable bonds is 3. The number of hydrogen-bond acceptors (Lipinski definition) is 5. The number of pyridine rings is 1. The number of carbonyl (C=O) groups excluding carboxylic acids is 1. The second-order valence-electron chi connectivity index (χ2n) is 3.81. The fourth-order valence-corrected chi connectivity index (χ4v) is 1.54. The number of carbonyl (C=O) groups is 1. The van der Waals surface area contributed by atoms with E-state index in [0.717, 1.165) is 12.1 Å². The van der Waals surface area contributed by atoms with Gasteiger partial charge >= 0.3 is 5.69 Å². The van der Waals surface area contributed by atoms with Gasteiger partial charge in [-0.1, -0.05) is 0 Å². The molecule has 7 nitrogen and oxygen atoms in total. The van der Waals surface area contributed by atoms with Crippen LogP contribution in [0.4, 0.5) is 21.6 Å². The van der Waals surface area contributed by atoms with Crippen molar-refractivity contribution < 1.29 is 14.1 Å². The highest BCUT2D eigenvalue weighted by atomic mass is 19.1. The minimum absolute atomic E-state index is 0.0293. The SMILES string of the molecule is Nc1ncccc1C(=O)Nc1ccc(F)c([N+](=O)[O-])c1. The summed E-state index contributed by atoms with van der Waals surface area (Å²) in [6.07, 6.45) is 1.43. The van der Waals surface area contributed by atoms with Crippen molar-refractivity contribution in [2.75, 3.05) is 11.1 Å². The highest BCUT2D eigenvalue weighted by Crippen LogP contribution is 2.22. The van der Waals surface area contributed by atoms with Gasteiger partial charge in [0, 0.05) is 18.0 Å². The second-order valence-corrected chi connectivity index (χ2v) is 3.81. The van der Waals surface area contributed by atoms with Crippen LogP contribution in [0.2, 0.25) is 0 Å². The van der Waals surface area contributed by atoms with Crippen molar-refractivity contribution in [1.82, 2.24) is 4.98 Å². The molecule has 102 valence electrons. The molecule has 1 heterocycles. The van der Waals surface area contributed by atoms with Gasteiger partial charge in [0.2, 0.25) is 5.82 Å². The van der Waals surface area contributed by atoms with Crippen molar-refractivity contribution in [3.05, 3.63) is 58.0 Å². The van der Waals surface area contributed by atoms with Gasteiger partial charge in [-0.2, -0.15) is 4.39 Å². The standard InChI is InChI=1S/C12H9FN4O3/c13-9-4-3-7(6-10(9)17(19)20)16-12(18)8-2-1-5-15-11(8)14/h1-6H,(H2,14,15)(H,16,18). The Balaban J connectivity index is 2.27. The van der Waals surface area contributed by atoms with E-state index in [4.69, 9.17) is 5.73 Å². The number of nitrogens with zero attached hydrogens (tertiary/aromatic N) is 2. The van der Waals surface area contributed by atoms with Crippen LogP contribution in [0.15, 0.2) is 36.5 Å². The lowest BCUT2D eigenvalue weighted by Crippen LogP contribution is -2.14. The Hall–Kier alpha value is -3.03. The van der Waals surface area contributed by atoms with Crippen molar-refractivity contribution in [2.24, 2.45) is 0 Å². The van der Waals surface area contributed by atoms with Crippen LogP contribution in [0, 0.1) is 15.9 Å². The topological polar surface area (TPSA) is 111 Å². The number of nitro benzene ring substituents is 1. The van der Waals surface area contributed by atoms with Crippen LogP contribution in [0.25, 0.3) is 0 Å². The van der Waals surface area contributed by atoms with E-state index in [0.29, 0.717) is 0 Å². The number of nitro groups is 1. The first-order valence-corrected chi connectivity index (χ1v) is 5.45. The molecule has 8 heteroatoms. The molecule has 0 spiro atoms. The fourth-order valence-electron chi connectivity index (χ4n) is 1.54. The smallest absolute Gasteiger partial charge is 0.306 e. The summed E-state index contributed by atoms with van der Waals surface area (Å²) in [6, 6.07) is 6.03. The molecule has 0 radical (unpaired) electrons. The van der Waals surface area contributed by atoms with Gasteiger partial charge in [-0.25, -0.2) is 4.98 Å². The molecular weight excluding hydrogens is 267 g/mol. The average molecular weight is 276 g/mol. The Kier molecular flexibility index (Phi) is 3.56. The third-order valence-electron chi connectivity index (χ3n) is 2.48. The van der Waals surface area contributed by atoms with Crippen LogP contribution in [-0.2, 0) is 0 Å². The number of benzene rings is 1. The maximum atomic E-state index is 13.2. The molecule has 0 aliphatic rings. The Morgan fingerprint density at radius 3 is 2.80 bits per heavy atom. The molecule has 0 aliphatic heterocycles. The van der Waals surface area contributed by atoms with E-state index in [2.05, 4.69) is 10.3 Å².